The minimum Gasteiger partial charge on any atom is -0.352 e. The number of amides is 1. The lowest BCUT2D eigenvalue weighted by molar-refractivity contribution is -0.0201. The number of nitriles is 1. The third-order valence-corrected chi connectivity index (χ3v) is 8.34. The molecule has 38 heavy (non-hydrogen) atoms. The Morgan fingerprint density at radius 3 is 2.58 bits per heavy atom. The molecule has 1 aromatic heterocycles. The highest BCUT2D eigenvalue weighted by Gasteiger charge is 2.40. The Morgan fingerprint density at radius 2 is 1.97 bits per heavy atom. The quantitative estimate of drug-likeness (QED) is 0.288. The highest BCUT2D eigenvalue weighted by atomic mass is 31.2. The maximum absolute atomic E-state index is 13.0. The molecule has 1 fully saturated rings. The Bertz CT molecular complexity index is 1160. The van der Waals surface area contributed by atoms with Gasteiger partial charge < -0.3 is 19.1 Å². The molecule has 3 rings (SSSR count). The van der Waals surface area contributed by atoms with E-state index in [2.05, 4.69) is 48.7 Å². The van der Waals surface area contributed by atoms with Crippen molar-refractivity contribution in [2.24, 2.45) is 0 Å². The van der Waals surface area contributed by atoms with Gasteiger partial charge in [-0.25, -0.2) is 9.46 Å². The average Bonchev–Trinajstić information content (AvgIpc) is 3.28. The van der Waals surface area contributed by atoms with E-state index in [0.29, 0.717) is 24.0 Å². The van der Waals surface area contributed by atoms with Crippen LogP contribution in [-0.2, 0) is 13.8 Å². The van der Waals surface area contributed by atoms with Crippen LogP contribution in [0.2, 0.25) is 0 Å². The first-order chi connectivity index (χ1) is 18.2. The van der Waals surface area contributed by atoms with Crippen molar-refractivity contribution in [2.45, 2.75) is 91.3 Å². The zero-order valence-corrected chi connectivity index (χ0v) is 23.9. The van der Waals surface area contributed by atoms with Crippen LogP contribution in [0.5, 0.6) is 0 Å². The second kappa shape index (κ2) is 13.9. The molecule has 1 unspecified atom stereocenters. The highest BCUT2D eigenvalue weighted by Crippen LogP contribution is 2.50. The molecular weight excluding hydrogens is 505 g/mol. The van der Waals surface area contributed by atoms with Gasteiger partial charge in [0.05, 0.1) is 31.3 Å². The number of rotatable bonds is 12. The molecule has 1 aromatic carbocycles. The van der Waals surface area contributed by atoms with Crippen LogP contribution < -0.4 is 11.0 Å². The highest BCUT2D eigenvalue weighted by molar-refractivity contribution is 7.44. The summed E-state index contributed by atoms with van der Waals surface area (Å²) in [7, 11) is -1.45. The van der Waals surface area contributed by atoms with Gasteiger partial charge in [-0.3, -0.25) is 9.36 Å². The molecule has 206 valence electrons. The number of ether oxygens (including phenoxy) is 1. The first-order valence-electron chi connectivity index (χ1n) is 13.0. The predicted octanol–water partition coefficient (Wildman–Crippen LogP) is 5.16. The summed E-state index contributed by atoms with van der Waals surface area (Å²) < 4.78 is 22.5. The molecule has 2 heterocycles. The van der Waals surface area contributed by atoms with Crippen LogP contribution in [-0.4, -0.2) is 51.0 Å². The summed E-state index contributed by atoms with van der Waals surface area (Å²) in [6.07, 6.45) is 1.97. The molecule has 0 bridgehead atoms. The molecule has 1 aliphatic heterocycles. The number of aromatic nitrogens is 2. The van der Waals surface area contributed by atoms with Crippen molar-refractivity contribution in [1.82, 2.24) is 14.2 Å². The minimum absolute atomic E-state index is 0.175. The molecule has 10 nitrogen and oxygen atoms in total. The Hall–Kier alpha value is -2.67. The minimum atomic E-state index is -1.45. The molecule has 0 aliphatic carbocycles. The van der Waals surface area contributed by atoms with Gasteiger partial charge >= 0.3 is 5.69 Å². The second-order valence-corrected chi connectivity index (χ2v) is 11.2. The monoisotopic (exact) mass is 543 g/mol. The van der Waals surface area contributed by atoms with Crippen molar-refractivity contribution in [3.8, 4) is 6.07 Å². The van der Waals surface area contributed by atoms with Gasteiger partial charge in [-0.2, -0.15) is 10.2 Å². The van der Waals surface area contributed by atoms with Crippen molar-refractivity contribution in [3.63, 3.8) is 0 Å². The van der Waals surface area contributed by atoms with Gasteiger partial charge in [-0.05, 0) is 53.2 Å². The Labute approximate surface area is 225 Å². The summed E-state index contributed by atoms with van der Waals surface area (Å²) in [5.74, 6) is -0.114. The number of nitrogens with zero attached hydrogens (tertiary/aromatic N) is 4. The zero-order chi connectivity index (χ0) is 27.8. The Balaban J connectivity index is 1.78. The SMILES string of the molecule is CC[C@H]1O[C@@H](n2cc(C)c(NC(=O)c3ccccc3)nc2=O)C[C@H]1OP(OCCC#N)N(C(C)C)C(C)C. The first-order valence-corrected chi connectivity index (χ1v) is 14.2. The number of hydrogen-bond acceptors (Lipinski definition) is 8. The molecular formula is C27H38N5O5P. The summed E-state index contributed by atoms with van der Waals surface area (Å²) in [6.45, 7) is 12.4. The molecule has 2 aromatic rings. The lowest BCUT2D eigenvalue weighted by Gasteiger charge is -2.37. The van der Waals surface area contributed by atoms with Gasteiger partial charge in [0.15, 0.2) is 0 Å². The van der Waals surface area contributed by atoms with Gasteiger partial charge in [0.25, 0.3) is 14.4 Å². The number of nitrogens with one attached hydrogen (secondary N) is 1. The van der Waals surface area contributed by atoms with E-state index in [4.69, 9.17) is 19.0 Å². The molecule has 0 spiro atoms. The molecule has 1 amide bonds. The fraction of sp³-hybridized carbons (Fsp3) is 0.556. The van der Waals surface area contributed by atoms with Crippen LogP contribution in [0.4, 0.5) is 5.82 Å². The van der Waals surface area contributed by atoms with Crippen molar-refractivity contribution in [1.29, 1.82) is 5.26 Å². The van der Waals surface area contributed by atoms with Crippen LogP contribution in [0.15, 0.2) is 41.3 Å². The third kappa shape index (κ3) is 7.46. The first kappa shape index (κ1) is 29.9. The maximum Gasteiger partial charge on any atom is 0.351 e. The van der Waals surface area contributed by atoms with Crippen LogP contribution >= 0.6 is 8.53 Å². The average molecular weight is 544 g/mol. The van der Waals surface area contributed by atoms with Gasteiger partial charge in [0, 0.05) is 35.8 Å². The van der Waals surface area contributed by atoms with Crippen molar-refractivity contribution in [2.75, 3.05) is 11.9 Å². The number of hydrogen-bond donors (Lipinski definition) is 1. The third-order valence-electron chi connectivity index (χ3n) is 6.18. The fourth-order valence-corrected chi connectivity index (χ4v) is 6.18. The number of benzene rings is 1. The smallest absolute Gasteiger partial charge is 0.351 e. The number of carbonyl (C=O) groups excluding carboxylic acids is 1. The van der Waals surface area contributed by atoms with Gasteiger partial charge in [-0.15, -0.1) is 0 Å². The van der Waals surface area contributed by atoms with Crippen molar-refractivity contribution < 1.29 is 18.6 Å². The largest absolute Gasteiger partial charge is 0.352 e. The molecule has 1 N–H and O–H groups in total. The summed E-state index contributed by atoms with van der Waals surface area (Å²) in [4.78, 5) is 29.7. The van der Waals surface area contributed by atoms with Gasteiger partial charge in [-0.1, -0.05) is 25.1 Å². The van der Waals surface area contributed by atoms with Crippen LogP contribution in [0.1, 0.15) is 76.0 Å². The number of anilines is 1. The fourth-order valence-electron chi connectivity index (χ4n) is 4.42. The lowest BCUT2D eigenvalue weighted by Crippen LogP contribution is -2.35. The van der Waals surface area contributed by atoms with E-state index in [1.165, 1.54) is 4.57 Å². The van der Waals surface area contributed by atoms with E-state index in [-0.39, 0.29) is 49.0 Å². The van der Waals surface area contributed by atoms with Crippen LogP contribution in [0.25, 0.3) is 0 Å². The number of carbonyl (C=O) groups is 1. The molecule has 1 saturated heterocycles. The normalized spacial score (nSPS) is 20.2. The van der Waals surface area contributed by atoms with E-state index >= 15 is 0 Å². The second-order valence-electron chi connectivity index (χ2n) is 9.75. The van der Waals surface area contributed by atoms with Crippen molar-refractivity contribution >= 4 is 20.3 Å². The molecule has 0 saturated carbocycles. The van der Waals surface area contributed by atoms with Gasteiger partial charge in [0.2, 0.25) is 0 Å². The topological polar surface area (TPSA) is 119 Å². The van der Waals surface area contributed by atoms with E-state index in [0.717, 1.165) is 0 Å². The summed E-state index contributed by atoms with van der Waals surface area (Å²) in [5.41, 5.74) is 0.605. The van der Waals surface area contributed by atoms with Crippen molar-refractivity contribution in [3.05, 3.63) is 58.1 Å². The molecule has 0 radical (unpaired) electrons. The van der Waals surface area contributed by atoms with Crippen LogP contribution in [0.3, 0.4) is 0 Å². The summed E-state index contributed by atoms with van der Waals surface area (Å²) >= 11 is 0. The molecule has 11 heteroatoms. The lowest BCUT2D eigenvalue weighted by atomic mass is 10.1. The standard InChI is InChI=1S/C27H38N5O5P/c1-7-22-23(37-38(35-15-11-14-28)32(18(2)3)19(4)5)16-24(36-22)31-17-20(6)25(30-27(31)34)29-26(33)21-12-9-8-10-13-21/h8-10,12-13,17-19,22-24H,7,11,15-16H2,1-6H3,(H,29,30,33,34)/t22-,23-,24-,38?/m1/s1. The summed E-state index contributed by atoms with van der Waals surface area (Å²) in [6, 6.07) is 11.2. The Morgan fingerprint density at radius 1 is 1.29 bits per heavy atom. The van der Waals surface area contributed by atoms with E-state index in [1.807, 2.05) is 13.0 Å². The van der Waals surface area contributed by atoms with E-state index < -0.39 is 20.4 Å². The predicted molar refractivity (Wildman–Crippen MR) is 147 cm³/mol. The molecule has 1 aliphatic rings. The van der Waals surface area contributed by atoms with Crippen LogP contribution in [0, 0.1) is 18.3 Å². The Kier molecular flexibility index (Phi) is 11.0. The zero-order valence-electron chi connectivity index (χ0n) is 23.0. The number of aryl methyl sites for hydroxylation is 1. The van der Waals surface area contributed by atoms with E-state index in [9.17, 15) is 9.59 Å². The molecule has 4 atom stereocenters. The maximum atomic E-state index is 13.0. The van der Waals surface area contributed by atoms with E-state index in [1.54, 1.807) is 37.4 Å². The van der Waals surface area contributed by atoms with Gasteiger partial charge in [0.1, 0.15) is 12.0 Å². The summed E-state index contributed by atoms with van der Waals surface area (Å²) in [5, 5.41) is 11.7.